The van der Waals surface area contributed by atoms with E-state index in [4.69, 9.17) is 4.74 Å². The zero-order chi connectivity index (χ0) is 16.5. The highest BCUT2D eigenvalue weighted by Gasteiger charge is 2.32. The Morgan fingerprint density at radius 1 is 1.36 bits per heavy atom. The lowest BCUT2D eigenvalue weighted by Gasteiger charge is -2.36. The number of nitrogens with zero attached hydrogens (tertiary/aromatic N) is 3. The molecule has 132 valence electrons. The maximum absolute atomic E-state index is 13.1. The monoisotopic (exact) mass is 360 g/mol. The average Bonchev–Trinajstić information content (AvgIpc) is 3.06. The molecule has 2 aromatic rings. The molecule has 1 aromatic heterocycles. The fraction of sp³-hybridized carbons (Fsp3) is 0.333. The van der Waals surface area contributed by atoms with Crippen LogP contribution in [0.1, 0.15) is 17.4 Å². The number of carbonyl (C=O) groups is 1. The molecule has 0 radical (unpaired) electrons. The highest BCUT2D eigenvalue weighted by Crippen LogP contribution is 2.29. The highest BCUT2D eigenvalue weighted by molar-refractivity contribution is 5.99. The van der Waals surface area contributed by atoms with E-state index in [0.717, 1.165) is 23.7 Å². The Morgan fingerprint density at radius 3 is 3.00 bits per heavy atom. The Hall–Kier alpha value is -2.31. The van der Waals surface area contributed by atoms with Crippen LogP contribution in [-0.4, -0.2) is 46.6 Å². The summed E-state index contributed by atoms with van der Waals surface area (Å²) in [7, 11) is 1.96. The first-order chi connectivity index (χ1) is 11.7. The first-order valence-electron chi connectivity index (χ1n) is 8.15. The molecule has 0 spiro atoms. The quantitative estimate of drug-likeness (QED) is 0.887. The maximum Gasteiger partial charge on any atom is 0.253 e. The minimum atomic E-state index is -0.0654. The van der Waals surface area contributed by atoms with Crippen molar-refractivity contribution < 1.29 is 9.53 Å². The van der Waals surface area contributed by atoms with E-state index in [1.165, 1.54) is 0 Å². The van der Waals surface area contributed by atoms with Gasteiger partial charge in [-0.25, -0.2) is 4.98 Å². The molecular weight excluding hydrogens is 340 g/mol. The molecule has 1 amide bonds. The highest BCUT2D eigenvalue weighted by atomic mass is 35.5. The van der Waals surface area contributed by atoms with Gasteiger partial charge in [0.05, 0.1) is 5.57 Å². The predicted octanol–water partition coefficient (Wildman–Crippen LogP) is 1.79. The van der Waals surface area contributed by atoms with Gasteiger partial charge in [0.2, 0.25) is 0 Å². The second-order valence-corrected chi connectivity index (χ2v) is 6.11. The molecule has 2 aliphatic rings. The number of carbonyl (C=O) groups excluding carboxylic acids is 1. The van der Waals surface area contributed by atoms with Gasteiger partial charge in [0.1, 0.15) is 24.2 Å². The van der Waals surface area contributed by atoms with Gasteiger partial charge in [-0.2, -0.15) is 0 Å². The van der Waals surface area contributed by atoms with Crippen molar-refractivity contribution in [3.8, 4) is 5.75 Å². The number of nitrogens with one attached hydrogen (secondary N) is 1. The molecule has 1 atom stereocenters. The Bertz CT molecular complexity index is 802. The molecule has 2 aliphatic heterocycles. The molecule has 25 heavy (non-hydrogen) atoms. The van der Waals surface area contributed by atoms with Crippen molar-refractivity contribution in [3.05, 3.63) is 53.6 Å². The standard InChI is InChI=1S/C18H20N4O2.ClH/c1-21-8-7-20-17(21)15-11-19-6-9-22(15)18(23)14-10-13-4-2-3-5-16(13)24-12-14;/h2-5,7-8,10,15,19H,6,9,11-12H2,1H3;1H. The van der Waals surface area contributed by atoms with E-state index in [9.17, 15) is 4.79 Å². The Morgan fingerprint density at radius 2 is 2.20 bits per heavy atom. The molecule has 4 rings (SSSR count). The summed E-state index contributed by atoms with van der Waals surface area (Å²) in [5.41, 5.74) is 1.64. The normalized spacial score (nSPS) is 19.3. The summed E-state index contributed by atoms with van der Waals surface area (Å²) in [6.45, 7) is 2.47. The van der Waals surface area contributed by atoms with Crippen molar-refractivity contribution in [2.75, 3.05) is 26.2 Å². The van der Waals surface area contributed by atoms with Crippen molar-refractivity contribution in [2.24, 2.45) is 7.05 Å². The molecule has 6 nitrogen and oxygen atoms in total. The summed E-state index contributed by atoms with van der Waals surface area (Å²) < 4.78 is 7.72. The van der Waals surface area contributed by atoms with Crippen molar-refractivity contribution in [3.63, 3.8) is 0 Å². The van der Waals surface area contributed by atoms with Crippen molar-refractivity contribution in [2.45, 2.75) is 6.04 Å². The Kier molecular flexibility index (Phi) is 5.11. The van der Waals surface area contributed by atoms with Gasteiger partial charge in [0, 0.05) is 44.6 Å². The third-order valence-corrected chi connectivity index (χ3v) is 4.57. The predicted molar refractivity (Wildman–Crippen MR) is 97.7 cm³/mol. The zero-order valence-electron chi connectivity index (χ0n) is 14.0. The Balaban J connectivity index is 0.00000182. The van der Waals surface area contributed by atoms with Gasteiger partial charge in [-0.3, -0.25) is 4.79 Å². The number of halogens is 1. The largest absolute Gasteiger partial charge is 0.488 e. The zero-order valence-corrected chi connectivity index (χ0v) is 14.8. The van der Waals surface area contributed by atoms with Gasteiger partial charge >= 0.3 is 0 Å². The van der Waals surface area contributed by atoms with Crippen molar-refractivity contribution in [1.29, 1.82) is 0 Å². The number of piperazine rings is 1. The molecule has 0 saturated carbocycles. The van der Waals surface area contributed by atoms with Crippen molar-refractivity contribution in [1.82, 2.24) is 19.8 Å². The molecule has 7 heteroatoms. The molecule has 0 bridgehead atoms. The summed E-state index contributed by atoms with van der Waals surface area (Å²) in [6.07, 6.45) is 5.62. The van der Waals surface area contributed by atoms with Gasteiger partial charge in [-0.15, -0.1) is 12.4 Å². The minimum absolute atomic E-state index is 0. The lowest BCUT2D eigenvalue weighted by atomic mass is 10.0. The van der Waals surface area contributed by atoms with E-state index in [0.29, 0.717) is 25.3 Å². The SMILES string of the molecule is Cl.Cn1ccnc1C1CNCCN1C(=O)C1=Cc2ccccc2OC1. The van der Waals surface area contributed by atoms with E-state index in [1.807, 2.05) is 53.1 Å². The third-order valence-electron chi connectivity index (χ3n) is 4.57. The van der Waals surface area contributed by atoms with E-state index >= 15 is 0 Å². The minimum Gasteiger partial charge on any atom is -0.488 e. The van der Waals surface area contributed by atoms with E-state index in [2.05, 4.69) is 10.3 Å². The van der Waals surface area contributed by atoms with Crippen LogP contribution in [0.5, 0.6) is 5.75 Å². The lowest BCUT2D eigenvalue weighted by molar-refractivity contribution is -0.130. The second kappa shape index (κ2) is 7.29. The van der Waals surface area contributed by atoms with Crippen LogP contribution < -0.4 is 10.1 Å². The molecule has 1 saturated heterocycles. The van der Waals surface area contributed by atoms with Gasteiger partial charge in [-0.05, 0) is 12.1 Å². The number of amides is 1. The molecule has 0 aliphatic carbocycles. The molecule has 3 heterocycles. The van der Waals surface area contributed by atoms with Crippen LogP contribution >= 0.6 is 12.4 Å². The van der Waals surface area contributed by atoms with E-state index in [-0.39, 0.29) is 24.4 Å². The average molecular weight is 361 g/mol. The number of hydrogen-bond acceptors (Lipinski definition) is 4. The van der Waals surface area contributed by atoms with Crippen molar-refractivity contribution >= 4 is 24.4 Å². The van der Waals surface area contributed by atoms with Gasteiger partial charge < -0.3 is 19.5 Å². The summed E-state index contributed by atoms with van der Waals surface area (Å²) >= 11 is 0. The number of fused-ring (bicyclic) bond motifs is 1. The smallest absolute Gasteiger partial charge is 0.253 e. The third kappa shape index (κ3) is 3.27. The first kappa shape index (κ1) is 17.5. The van der Waals surface area contributed by atoms with E-state index in [1.54, 1.807) is 6.20 Å². The summed E-state index contributed by atoms with van der Waals surface area (Å²) in [6, 6.07) is 7.72. The second-order valence-electron chi connectivity index (χ2n) is 6.11. The topological polar surface area (TPSA) is 59.4 Å². The Labute approximate surface area is 152 Å². The number of aryl methyl sites for hydroxylation is 1. The fourth-order valence-corrected chi connectivity index (χ4v) is 3.30. The van der Waals surface area contributed by atoms with Crippen LogP contribution in [0, 0.1) is 0 Å². The molecule has 1 unspecified atom stereocenters. The summed E-state index contributed by atoms with van der Waals surface area (Å²) in [5.74, 6) is 1.75. The van der Waals surface area contributed by atoms with Crippen LogP contribution in [-0.2, 0) is 11.8 Å². The van der Waals surface area contributed by atoms with Crippen LogP contribution in [0.25, 0.3) is 6.08 Å². The first-order valence-corrected chi connectivity index (χ1v) is 8.15. The maximum atomic E-state index is 13.1. The summed E-state index contributed by atoms with van der Waals surface area (Å²) in [5, 5.41) is 3.36. The van der Waals surface area contributed by atoms with E-state index < -0.39 is 0 Å². The number of hydrogen-bond donors (Lipinski definition) is 1. The number of imidazole rings is 1. The number of para-hydroxylation sites is 1. The van der Waals surface area contributed by atoms with Crippen LogP contribution in [0.3, 0.4) is 0 Å². The van der Waals surface area contributed by atoms with Gasteiger partial charge in [-0.1, -0.05) is 18.2 Å². The van der Waals surface area contributed by atoms with Crippen LogP contribution in [0.2, 0.25) is 0 Å². The lowest BCUT2D eigenvalue weighted by Crippen LogP contribution is -2.50. The van der Waals surface area contributed by atoms with Gasteiger partial charge in [0.15, 0.2) is 0 Å². The molecule has 1 N–H and O–H groups in total. The number of benzene rings is 1. The number of rotatable bonds is 2. The molecule has 1 aromatic carbocycles. The van der Waals surface area contributed by atoms with Crippen LogP contribution in [0.15, 0.2) is 42.2 Å². The molecular formula is C18H21ClN4O2. The van der Waals surface area contributed by atoms with Crippen LogP contribution in [0.4, 0.5) is 0 Å². The van der Waals surface area contributed by atoms with Gasteiger partial charge in [0.25, 0.3) is 5.91 Å². The fourth-order valence-electron chi connectivity index (χ4n) is 3.30. The summed E-state index contributed by atoms with van der Waals surface area (Å²) in [4.78, 5) is 19.4. The molecule has 1 fully saturated rings. The number of ether oxygens (including phenoxy) is 1. The number of aromatic nitrogens is 2.